The van der Waals surface area contributed by atoms with E-state index in [0.29, 0.717) is 5.69 Å². The molecule has 16 heavy (non-hydrogen) atoms. The Labute approximate surface area is 95.6 Å². The highest BCUT2D eigenvalue weighted by Crippen LogP contribution is 2.22. The molecule has 0 aliphatic carbocycles. The van der Waals surface area contributed by atoms with Crippen LogP contribution in [0.2, 0.25) is 0 Å². The van der Waals surface area contributed by atoms with Crippen LogP contribution in [0.3, 0.4) is 0 Å². The van der Waals surface area contributed by atoms with Crippen molar-refractivity contribution in [1.82, 2.24) is 4.98 Å². The van der Waals surface area contributed by atoms with Gasteiger partial charge in [0.2, 0.25) is 0 Å². The lowest BCUT2D eigenvalue weighted by atomic mass is 10.1. The standard InChI is InChI=1S/C14H15NO/c1-3-11-4-6-12(7-5-11)13-8-9-14(16)10(2)15-13/h4-9,16H,3H2,1-2H3. The van der Waals surface area contributed by atoms with Crippen LogP contribution in [0.5, 0.6) is 5.75 Å². The molecule has 0 bridgehead atoms. The van der Waals surface area contributed by atoms with Crippen molar-refractivity contribution in [2.75, 3.05) is 0 Å². The number of aromatic nitrogens is 1. The van der Waals surface area contributed by atoms with E-state index in [-0.39, 0.29) is 5.75 Å². The van der Waals surface area contributed by atoms with Gasteiger partial charge in [-0.1, -0.05) is 31.2 Å². The van der Waals surface area contributed by atoms with Gasteiger partial charge in [-0.2, -0.15) is 0 Å². The highest BCUT2D eigenvalue weighted by atomic mass is 16.3. The first kappa shape index (κ1) is 10.7. The molecule has 0 unspecified atom stereocenters. The van der Waals surface area contributed by atoms with Gasteiger partial charge in [-0.05, 0) is 31.0 Å². The van der Waals surface area contributed by atoms with Crippen molar-refractivity contribution in [2.24, 2.45) is 0 Å². The van der Waals surface area contributed by atoms with Crippen LogP contribution in [-0.4, -0.2) is 10.1 Å². The lowest BCUT2D eigenvalue weighted by Crippen LogP contribution is -1.88. The summed E-state index contributed by atoms with van der Waals surface area (Å²) >= 11 is 0. The molecule has 0 fully saturated rings. The fourth-order valence-corrected chi connectivity index (χ4v) is 1.63. The van der Waals surface area contributed by atoms with E-state index in [1.54, 1.807) is 13.0 Å². The normalized spacial score (nSPS) is 10.4. The second-order valence-electron chi connectivity index (χ2n) is 3.85. The second-order valence-corrected chi connectivity index (χ2v) is 3.85. The third-order valence-corrected chi connectivity index (χ3v) is 2.72. The minimum atomic E-state index is 0.244. The van der Waals surface area contributed by atoms with Crippen molar-refractivity contribution in [1.29, 1.82) is 0 Å². The Bertz CT molecular complexity index is 489. The van der Waals surface area contributed by atoms with Crippen LogP contribution in [0, 0.1) is 6.92 Å². The number of hydrogen-bond acceptors (Lipinski definition) is 2. The maximum absolute atomic E-state index is 9.41. The summed E-state index contributed by atoms with van der Waals surface area (Å²) in [5.41, 5.74) is 3.97. The maximum Gasteiger partial charge on any atom is 0.136 e. The summed E-state index contributed by atoms with van der Waals surface area (Å²) in [6.45, 7) is 3.94. The van der Waals surface area contributed by atoms with E-state index in [1.165, 1.54) is 5.56 Å². The van der Waals surface area contributed by atoms with E-state index in [1.807, 2.05) is 6.07 Å². The predicted octanol–water partition coefficient (Wildman–Crippen LogP) is 3.33. The fraction of sp³-hybridized carbons (Fsp3) is 0.214. The second kappa shape index (κ2) is 4.35. The Balaban J connectivity index is 2.38. The average Bonchev–Trinajstić information content (AvgIpc) is 2.33. The first-order chi connectivity index (χ1) is 7.70. The number of aryl methyl sites for hydroxylation is 2. The Morgan fingerprint density at radius 1 is 1.06 bits per heavy atom. The number of nitrogens with zero attached hydrogens (tertiary/aromatic N) is 1. The number of hydrogen-bond donors (Lipinski definition) is 1. The summed E-state index contributed by atoms with van der Waals surface area (Å²) in [5, 5.41) is 9.41. The van der Waals surface area contributed by atoms with Crippen LogP contribution in [0.4, 0.5) is 0 Å². The topological polar surface area (TPSA) is 33.1 Å². The van der Waals surface area contributed by atoms with Crippen LogP contribution >= 0.6 is 0 Å². The molecular weight excluding hydrogens is 198 g/mol. The minimum absolute atomic E-state index is 0.244. The lowest BCUT2D eigenvalue weighted by molar-refractivity contribution is 0.468. The van der Waals surface area contributed by atoms with Crippen LogP contribution in [0.15, 0.2) is 36.4 Å². The minimum Gasteiger partial charge on any atom is -0.506 e. The van der Waals surface area contributed by atoms with E-state index in [9.17, 15) is 5.11 Å². The predicted molar refractivity (Wildman–Crippen MR) is 65.5 cm³/mol. The molecular formula is C14H15NO. The van der Waals surface area contributed by atoms with Gasteiger partial charge in [0.25, 0.3) is 0 Å². The highest BCUT2D eigenvalue weighted by molar-refractivity contribution is 5.60. The smallest absolute Gasteiger partial charge is 0.136 e. The summed E-state index contributed by atoms with van der Waals surface area (Å²) in [7, 11) is 0. The van der Waals surface area contributed by atoms with Crippen LogP contribution in [0.1, 0.15) is 18.2 Å². The number of benzene rings is 1. The highest BCUT2D eigenvalue weighted by Gasteiger charge is 2.02. The maximum atomic E-state index is 9.41. The van der Waals surface area contributed by atoms with Gasteiger partial charge in [0.05, 0.1) is 11.4 Å². The molecule has 0 radical (unpaired) electrons. The molecule has 0 atom stereocenters. The van der Waals surface area contributed by atoms with Gasteiger partial charge in [-0.25, -0.2) is 4.98 Å². The first-order valence-electron chi connectivity index (χ1n) is 5.46. The van der Waals surface area contributed by atoms with Gasteiger partial charge >= 0.3 is 0 Å². The molecule has 0 aliphatic rings. The summed E-state index contributed by atoms with van der Waals surface area (Å²) < 4.78 is 0. The third-order valence-electron chi connectivity index (χ3n) is 2.72. The Hall–Kier alpha value is -1.83. The summed E-state index contributed by atoms with van der Waals surface area (Å²) in [6.07, 6.45) is 1.04. The fourth-order valence-electron chi connectivity index (χ4n) is 1.63. The number of aromatic hydroxyl groups is 1. The molecule has 1 aromatic heterocycles. The van der Waals surface area contributed by atoms with Gasteiger partial charge < -0.3 is 5.11 Å². The van der Waals surface area contributed by atoms with Crippen LogP contribution in [0.25, 0.3) is 11.3 Å². The van der Waals surface area contributed by atoms with Crippen LogP contribution < -0.4 is 0 Å². The SMILES string of the molecule is CCc1ccc(-c2ccc(O)c(C)n2)cc1. The largest absolute Gasteiger partial charge is 0.506 e. The molecule has 2 rings (SSSR count). The molecule has 2 nitrogen and oxygen atoms in total. The van der Waals surface area contributed by atoms with Gasteiger partial charge in [0.15, 0.2) is 0 Å². The number of pyridine rings is 1. The van der Waals surface area contributed by atoms with E-state index in [2.05, 4.69) is 36.2 Å². The zero-order valence-corrected chi connectivity index (χ0v) is 9.57. The molecule has 82 valence electrons. The molecule has 0 aliphatic heterocycles. The van der Waals surface area contributed by atoms with Gasteiger partial charge in [-0.15, -0.1) is 0 Å². The molecule has 1 N–H and O–H groups in total. The zero-order valence-electron chi connectivity index (χ0n) is 9.57. The monoisotopic (exact) mass is 213 g/mol. The molecule has 0 spiro atoms. The van der Waals surface area contributed by atoms with Crippen molar-refractivity contribution in [2.45, 2.75) is 20.3 Å². The Kier molecular flexibility index (Phi) is 2.91. The molecule has 2 heteroatoms. The first-order valence-corrected chi connectivity index (χ1v) is 5.46. The Morgan fingerprint density at radius 2 is 1.75 bits per heavy atom. The molecule has 2 aromatic rings. The molecule has 0 amide bonds. The van der Waals surface area contributed by atoms with Gasteiger partial charge in [0.1, 0.15) is 5.75 Å². The average molecular weight is 213 g/mol. The zero-order chi connectivity index (χ0) is 11.5. The van der Waals surface area contributed by atoms with E-state index in [0.717, 1.165) is 17.7 Å². The van der Waals surface area contributed by atoms with Crippen molar-refractivity contribution < 1.29 is 5.11 Å². The van der Waals surface area contributed by atoms with E-state index in [4.69, 9.17) is 0 Å². The van der Waals surface area contributed by atoms with Crippen LogP contribution in [-0.2, 0) is 6.42 Å². The summed E-state index contributed by atoms with van der Waals surface area (Å²) in [5.74, 6) is 0.244. The molecule has 0 saturated carbocycles. The Morgan fingerprint density at radius 3 is 2.31 bits per heavy atom. The number of rotatable bonds is 2. The van der Waals surface area contributed by atoms with Crippen molar-refractivity contribution in [3.05, 3.63) is 47.7 Å². The van der Waals surface area contributed by atoms with E-state index < -0.39 is 0 Å². The van der Waals surface area contributed by atoms with Crippen molar-refractivity contribution >= 4 is 0 Å². The molecule has 1 heterocycles. The molecule has 1 aromatic carbocycles. The van der Waals surface area contributed by atoms with Crippen molar-refractivity contribution in [3.63, 3.8) is 0 Å². The van der Waals surface area contributed by atoms with Crippen molar-refractivity contribution in [3.8, 4) is 17.0 Å². The van der Waals surface area contributed by atoms with Gasteiger partial charge in [0, 0.05) is 5.56 Å². The van der Waals surface area contributed by atoms with Gasteiger partial charge in [-0.3, -0.25) is 0 Å². The molecule has 0 saturated heterocycles. The van der Waals surface area contributed by atoms with E-state index >= 15 is 0 Å². The summed E-state index contributed by atoms with van der Waals surface area (Å²) in [6, 6.07) is 11.9. The third kappa shape index (κ3) is 2.06. The quantitative estimate of drug-likeness (QED) is 0.830. The summed E-state index contributed by atoms with van der Waals surface area (Å²) in [4.78, 5) is 4.35. The lowest BCUT2D eigenvalue weighted by Gasteiger charge is -2.04.